The molecule has 186 valence electrons. The first kappa shape index (κ1) is 26.1. The third-order valence-electron chi connectivity index (χ3n) is 6.32. The first-order valence-electron chi connectivity index (χ1n) is 11.8. The van der Waals surface area contributed by atoms with Gasteiger partial charge in [-0.25, -0.2) is 12.8 Å². The molecule has 1 amide bonds. The van der Waals surface area contributed by atoms with Crippen molar-refractivity contribution in [1.82, 2.24) is 14.5 Å². The van der Waals surface area contributed by atoms with Crippen LogP contribution >= 0.6 is 0 Å². The molecule has 1 unspecified atom stereocenters. The summed E-state index contributed by atoms with van der Waals surface area (Å²) in [7, 11) is 0.0344. The summed E-state index contributed by atoms with van der Waals surface area (Å²) in [4.78, 5) is 17.5. The Kier molecular flexibility index (Phi) is 8.67. The van der Waals surface area contributed by atoms with Gasteiger partial charge in [0.25, 0.3) is 5.91 Å². The third-order valence-corrected chi connectivity index (χ3v) is 8.36. The van der Waals surface area contributed by atoms with Crippen molar-refractivity contribution in [2.75, 3.05) is 51.7 Å². The van der Waals surface area contributed by atoms with E-state index in [9.17, 15) is 17.6 Å². The molecule has 2 aromatic carbocycles. The summed E-state index contributed by atoms with van der Waals surface area (Å²) in [5.74, 6) is -0.678. The molecule has 1 fully saturated rings. The number of nitrogens with one attached hydrogen (secondary N) is 1. The smallest absolute Gasteiger partial charge is 0.253 e. The molecule has 0 aliphatic carbocycles. The molecule has 1 N–H and O–H groups in total. The molecule has 0 bridgehead atoms. The minimum Gasteiger partial charge on any atom is -0.371 e. The van der Waals surface area contributed by atoms with Gasteiger partial charge in [-0.05, 0) is 62.8 Å². The van der Waals surface area contributed by atoms with Crippen molar-refractivity contribution in [2.45, 2.75) is 37.6 Å². The molecule has 3 rings (SSSR count). The Hall–Kier alpha value is -2.49. The number of hydrogen-bond donors (Lipinski definition) is 1. The van der Waals surface area contributed by atoms with Crippen molar-refractivity contribution in [1.29, 1.82) is 0 Å². The lowest BCUT2D eigenvalue weighted by Gasteiger charge is -2.26. The summed E-state index contributed by atoms with van der Waals surface area (Å²) in [5, 5.41) is 2.96. The maximum atomic E-state index is 13.8. The van der Waals surface area contributed by atoms with Gasteiger partial charge >= 0.3 is 0 Å². The minimum atomic E-state index is -3.71. The largest absolute Gasteiger partial charge is 0.371 e. The van der Waals surface area contributed by atoms with Gasteiger partial charge in [-0.15, -0.1) is 0 Å². The van der Waals surface area contributed by atoms with Crippen LogP contribution in [0.5, 0.6) is 0 Å². The van der Waals surface area contributed by atoms with Gasteiger partial charge in [-0.2, -0.15) is 4.31 Å². The predicted molar refractivity (Wildman–Crippen MR) is 133 cm³/mol. The van der Waals surface area contributed by atoms with Crippen LogP contribution in [0.15, 0.2) is 47.4 Å². The van der Waals surface area contributed by atoms with Crippen molar-refractivity contribution in [3.8, 4) is 0 Å². The number of carbonyl (C=O) groups is 1. The summed E-state index contributed by atoms with van der Waals surface area (Å²) in [5.41, 5.74) is 1.83. The van der Waals surface area contributed by atoms with E-state index in [1.54, 1.807) is 32.0 Å². The second-order valence-corrected chi connectivity index (χ2v) is 10.6. The molecule has 34 heavy (non-hydrogen) atoms. The van der Waals surface area contributed by atoms with Gasteiger partial charge in [0.2, 0.25) is 10.0 Å². The monoisotopic (exact) mass is 490 g/mol. The second kappa shape index (κ2) is 11.3. The SMILES string of the molecule is CCN(CC)S(=O)(=O)c1ccc(N2CCCC2)c(C(=O)NCC(c2cccc(F)c2)N(C)C)c1. The maximum Gasteiger partial charge on any atom is 0.253 e. The highest BCUT2D eigenvalue weighted by Gasteiger charge is 2.27. The topological polar surface area (TPSA) is 73.0 Å². The fraction of sp³-hybridized carbons (Fsp3) is 0.480. The summed E-state index contributed by atoms with van der Waals surface area (Å²) in [6.45, 7) is 6.20. The molecular weight excluding hydrogens is 455 g/mol. The Morgan fingerprint density at radius 1 is 1.09 bits per heavy atom. The first-order valence-corrected chi connectivity index (χ1v) is 13.2. The van der Waals surface area contributed by atoms with Crippen LogP contribution in [-0.2, 0) is 10.0 Å². The Labute approximate surface area is 202 Å². The number of carbonyl (C=O) groups excluding carboxylic acids is 1. The fourth-order valence-corrected chi connectivity index (χ4v) is 5.89. The number of nitrogens with zero attached hydrogens (tertiary/aromatic N) is 3. The van der Waals surface area contributed by atoms with E-state index in [1.165, 1.54) is 22.5 Å². The number of hydrogen-bond acceptors (Lipinski definition) is 5. The molecule has 1 heterocycles. The molecule has 1 saturated heterocycles. The van der Waals surface area contributed by atoms with E-state index in [0.29, 0.717) is 18.7 Å². The zero-order chi connectivity index (χ0) is 24.9. The Morgan fingerprint density at radius 3 is 2.35 bits per heavy atom. The van der Waals surface area contributed by atoms with Crippen molar-refractivity contribution >= 4 is 21.6 Å². The van der Waals surface area contributed by atoms with Crippen LogP contribution in [0.2, 0.25) is 0 Å². The van der Waals surface area contributed by atoms with Gasteiger partial charge in [0, 0.05) is 38.4 Å². The van der Waals surface area contributed by atoms with Gasteiger partial charge < -0.3 is 15.1 Å². The predicted octanol–water partition coefficient (Wildman–Crippen LogP) is 3.49. The van der Waals surface area contributed by atoms with Crippen LogP contribution in [0.4, 0.5) is 10.1 Å². The van der Waals surface area contributed by atoms with Crippen molar-refractivity contribution in [2.24, 2.45) is 0 Å². The average Bonchev–Trinajstić information content (AvgIpc) is 3.34. The molecule has 1 aliphatic heterocycles. The Morgan fingerprint density at radius 2 is 1.76 bits per heavy atom. The van der Waals surface area contributed by atoms with Gasteiger partial charge in [0.1, 0.15) is 5.82 Å². The molecular formula is C25H35FN4O3S. The summed E-state index contributed by atoms with van der Waals surface area (Å²) >= 11 is 0. The molecule has 7 nitrogen and oxygen atoms in total. The van der Waals surface area contributed by atoms with Crippen LogP contribution in [0, 0.1) is 5.82 Å². The van der Waals surface area contributed by atoms with Crippen LogP contribution in [0.3, 0.4) is 0 Å². The standard InChI is InChI=1S/C25H35FN4O3S/c1-5-30(6-2)34(32,33)21-12-13-23(29-14-7-8-15-29)22(17-21)25(31)27-18-24(28(3)4)19-10-9-11-20(26)16-19/h9-13,16-17,24H,5-8,14-15,18H2,1-4H3,(H,27,31). The molecule has 1 atom stereocenters. The molecule has 1 aliphatic rings. The second-order valence-electron chi connectivity index (χ2n) is 8.71. The van der Waals surface area contributed by atoms with E-state index in [0.717, 1.165) is 37.2 Å². The Bertz CT molecular complexity index is 1100. The van der Waals surface area contributed by atoms with E-state index >= 15 is 0 Å². The normalized spacial score (nSPS) is 15.2. The highest BCUT2D eigenvalue weighted by molar-refractivity contribution is 7.89. The van der Waals surface area contributed by atoms with E-state index in [2.05, 4.69) is 10.2 Å². The van der Waals surface area contributed by atoms with E-state index in [1.807, 2.05) is 25.1 Å². The zero-order valence-electron chi connectivity index (χ0n) is 20.4. The number of amides is 1. The highest BCUT2D eigenvalue weighted by Crippen LogP contribution is 2.29. The average molecular weight is 491 g/mol. The molecule has 0 spiro atoms. The lowest BCUT2D eigenvalue weighted by Crippen LogP contribution is -2.36. The van der Waals surface area contributed by atoms with Crippen LogP contribution in [-0.4, -0.2) is 70.3 Å². The van der Waals surface area contributed by atoms with Crippen LogP contribution in [0.1, 0.15) is 48.7 Å². The number of sulfonamides is 1. The van der Waals surface area contributed by atoms with E-state index in [4.69, 9.17) is 0 Å². The molecule has 0 aromatic heterocycles. The summed E-state index contributed by atoms with van der Waals surface area (Å²) in [6.07, 6.45) is 2.06. The lowest BCUT2D eigenvalue weighted by molar-refractivity contribution is 0.0942. The van der Waals surface area contributed by atoms with E-state index in [-0.39, 0.29) is 29.2 Å². The fourth-order valence-electron chi connectivity index (χ4n) is 4.40. The number of anilines is 1. The minimum absolute atomic E-state index is 0.110. The Balaban J connectivity index is 1.92. The number of likely N-dealkylation sites (N-methyl/N-ethyl adjacent to an activating group) is 1. The molecule has 2 aromatic rings. The highest BCUT2D eigenvalue weighted by atomic mass is 32.2. The van der Waals surface area contributed by atoms with Gasteiger partial charge in [0.15, 0.2) is 0 Å². The van der Waals surface area contributed by atoms with Gasteiger partial charge in [-0.1, -0.05) is 26.0 Å². The number of halogens is 1. The van der Waals surface area contributed by atoms with Crippen molar-refractivity contribution in [3.63, 3.8) is 0 Å². The number of benzene rings is 2. The van der Waals surface area contributed by atoms with E-state index < -0.39 is 10.0 Å². The van der Waals surface area contributed by atoms with Crippen LogP contribution < -0.4 is 10.2 Å². The molecule has 9 heteroatoms. The number of rotatable bonds is 10. The van der Waals surface area contributed by atoms with Gasteiger partial charge in [0.05, 0.1) is 16.5 Å². The van der Waals surface area contributed by atoms with Crippen LogP contribution in [0.25, 0.3) is 0 Å². The van der Waals surface area contributed by atoms with Crippen molar-refractivity contribution < 1.29 is 17.6 Å². The quantitative estimate of drug-likeness (QED) is 0.552. The first-order chi connectivity index (χ1) is 16.2. The van der Waals surface area contributed by atoms with Gasteiger partial charge in [-0.3, -0.25) is 4.79 Å². The lowest BCUT2D eigenvalue weighted by atomic mass is 10.1. The molecule has 0 saturated carbocycles. The zero-order valence-corrected chi connectivity index (χ0v) is 21.2. The maximum absolute atomic E-state index is 13.8. The summed E-state index contributed by atoms with van der Waals surface area (Å²) < 4.78 is 41.4. The summed E-state index contributed by atoms with van der Waals surface area (Å²) in [6, 6.07) is 10.9. The third kappa shape index (κ3) is 5.76. The van der Waals surface area contributed by atoms with Crippen molar-refractivity contribution in [3.05, 3.63) is 59.4 Å². The molecule has 0 radical (unpaired) electrons.